The van der Waals surface area contributed by atoms with Gasteiger partial charge in [0, 0.05) is 13.2 Å². The van der Waals surface area contributed by atoms with Gasteiger partial charge < -0.3 is 4.98 Å². The van der Waals surface area contributed by atoms with Crippen molar-refractivity contribution in [3.63, 3.8) is 0 Å². The van der Waals surface area contributed by atoms with Crippen molar-refractivity contribution in [3.05, 3.63) is 36.0 Å². The third-order valence-electron chi connectivity index (χ3n) is 2.87. The number of halogens is 3. The third kappa shape index (κ3) is 1.96. The highest BCUT2D eigenvalue weighted by Crippen LogP contribution is 2.31. The Bertz CT molecular complexity index is 739. The molecule has 0 saturated carbocycles. The fraction of sp³-hybridized carbons (Fsp3) is 0.167. The number of aromatic nitrogens is 4. The summed E-state index contributed by atoms with van der Waals surface area (Å²) in [4.78, 5) is 7.13. The maximum absolute atomic E-state index is 12.6. The van der Waals surface area contributed by atoms with Gasteiger partial charge in [0.1, 0.15) is 5.69 Å². The second-order valence-corrected chi connectivity index (χ2v) is 4.16. The lowest BCUT2D eigenvalue weighted by molar-refractivity contribution is -0.137. The zero-order valence-corrected chi connectivity index (χ0v) is 9.86. The molecule has 0 saturated heterocycles. The first-order valence-corrected chi connectivity index (χ1v) is 5.50. The predicted molar refractivity (Wildman–Crippen MR) is 63.3 cm³/mol. The quantitative estimate of drug-likeness (QED) is 0.736. The van der Waals surface area contributed by atoms with Crippen molar-refractivity contribution in [2.24, 2.45) is 7.05 Å². The van der Waals surface area contributed by atoms with Crippen molar-refractivity contribution >= 4 is 11.0 Å². The van der Waals surface area contributed by atoms with Crippen molar-refractivity contribution in [2.75, 3.05) is 0 Å². The lowest BCUT2D eigenvalue weighted by Crippen LogP contribution is -2.04. The first kappa shape index (κ1) is 11.8. The summed E-state index contributed by atoms with van der Waals surface area (Å²) in [6, 6.07) is 5.18. The van der Waals surface area contributed by atoms with E-state index in [-0.39, 0.29) is 0 Å². The molecule has 98 valence electrons. The van der Waals surface area contributed by atoms with Crippen molar-refractivity contribution in [2.45, 2.75) is 6.18 Å². The molecule has 0 atom stereocenters. The monoisotopic (exact) mass is 266 g/mol. The summed E-state index contributed by atoms with van der Waals surface area (Å²) in [7, 11) is 1.74. The Morgan fingerprint density at radius 2 is 2.00 bits per heavy atom. The molecule has 0 aliphatic heterocycles. The van der Waals surface area contributed by atoms with E-state index >= 15 is 0 Å². The van der Waals surface area contributed by atoms with E-state index in [9.17, 15) is 13.2 Å². The average Bonchev–Trinajstić information content (AvgIpc) is 2.91. The molecule has 0 aliphatic carbocycles. The lowest BCUT2D eigenvalue weighted by Gasteiger charge is -2.05. The summed E-state index contributed by atoms with van der Waals surface area (Å²) in [5.41, 5.74) is 0.861. The molecule has 0 aliphatic rings. The number of aryl methyl sites for hydroxylation is 1. The number of rotatable bonds is 1. The standard InChI is InChI=1S/C12H9F3N4/c1-19-10(4-5-16-19)11-17-8-3-2-7(12(13,14)15)6-9(8)18-11/h2-6H,1H3,(H,17,18). The second kappa shape index (κ2) is 3.84. The second-order valence-electron chi connectivity index (χ2n) is 4.16. The van der Waals surface area contributed by atoms with E-state index in [1.54, 1.807) is 24.0 Å². The van der Waals surface area contributed by atoms with Crippen molar-refractivity contribution in [1.29, 1.82) is 0 Å². The molecule has 1 N–H and O–H groups in total. The van der Waals surface area contributed by atoms with Crippen LogP contribution in [0.15, 0.2) is 30.5 Å². The molecule has 0 amide bonds. The van der Waals surface area contributed by atoms with Crippen LogP contribution in [0, 0.1) is 0 Å². The molecular weight excluding hydrogens is 257 g/mol. The van der Waals surface area contributed by atoms with E-state index in [1.165, 1.54) is 6.07 Å². The smallest absolute Gasteiger partial charge is 0.337 e. The van der Waals surface area contributed by atoms with E-state index in [4.69, 9.17) is 0 Å². The molecule has 0 unspecified atom stereocenters. The highest BCUT2D eigenvalue weighted by Gasteiger charge is 2.30. The summed E-state index contributed by atoms with van der Waals surface area (Å²) in [5.74, 6) is 0.495. The number of aromatic amines is 1. The molecule has 0 spiro atoms. The van der Waals surface area contributed by atoms with Crippen LogP contribution >= 0.6 is 0 Å². The lowest BCUT2D eigenvalue weighted by atomic mass is 10.2. The zero-order chi connectivity index (χ0) is 13.6. The number of alkyl halides is 3. The van der Waals surface area contributed by atoms with Crippen LogP contribution in [0.4, 0.5) is 13.2 Å². The van der Waals surface area contributed by atoms with Gasteiger partial charge in [0.25, 0.3) is 0 Å². The maximum atomic E-state index is 12.6. The molecule has 0 radical (unpaired) electrons. The normalized spacial score (nSPS) is 12.2. The van der Waals surface area contributed by atoms with Crippen LogP contribution in [-0.2, 0) is 13.2 Å². The van der Waals surface area contributed by atoms with Crippen molar-refractivity contribution in [1.82, 2.24) is 19.7 Å². The molecule has 3 rings (SSSR count). The Morgan fingerprint density at radius 1 is 1.21 bits per heavy atom. The van der Waals surface area contributed by atoms with E-state index in [2.05, 4.69) is 15.1 Å². The van der Waals surface area contributed by atoms with Crippen LogP contribution in [0.5, 0.6) is 0 Å². The molecule has 7 heteroatoms. The van der Waals surface area contributed by atoms with Crippen molar-refractivity contribution in [3.8, 4) is 11.5 Å². The Morgan fingerprint density at radius 3 is 2.63 bits per heavy atom. The molecular formula is C12H9F3N4. The summed E-state index contributed by atoms with van der Waals surface area (Å²) >= 11 is 0. The zero-order valence-electron chi connectivity index (χ0n) is 9.86. The van der Waals surface area contributed by atoms with E-state index in [1.807, 2.05) is 0 Å². The van der Waals surface area contributed by atoms with Gasteiger partial charge in [-0.05, 0) is 24.3 Å². The Labute approximate surface area is 105 Å². The first-order chi connectivity index (χ1) is 8.95. The van der Waals surface area contributed by atoms with Gasteiger partial charge in [-0.25, -0.2) is 4.98 Å². The highest BCUT2D eigenvalue weighted by atomic mass is 19.4. The largest absolute Gasteiger partial charge is 0.416 e. The SMILES string of the molecule is Cn1nccc1-c1nc2ccc(C(F)(F)F)cc2[nH]1. The van der Waals surface area contributed by atoms with Gasteiger partial charge in [-0.15, -0.1) is 0 Å². The predicted octanol–water partition coefficient (Wildman–Crippen LogP) is 2.98. The Kier molecular flexibility index (Phi) is 2.38. The molecule has 19 heavy (non-hydrogen) atoms. The van der Waals surface area contributed by atoms with Crippen LogP contribution in [0.2, 0.25) is 0 Å². The van der Waals surface area contributed by atoms with Crippen LogP contribution in [-0.4, -0.2) is 19.7 Å². The molecule has 2 heterocycles. The first-order valence-electron chi connectivity index (χ1n) is 5.50. The van der Waals surface area contributed by atoms with Crippen LogP contribution in [0.3, 0.4) is 0 Å². The molecule has 2 aromatic heterocycles. The molecule has 3 aromatic rings. The number of imidazole rings is 1. The average molecular weight is 266 g/mol. The van der Waals surface area contributed by atoms with Gasteiger partial charge in [-0.2, -0.15) is 18.3 Å². The van der Waals surface area contributed by atoms with Crippen molar-refractivity contribution < 1.29 is 13.2 Å². The minimum absolute atomic E-state index is 0.353. The summed E-state index contributed by atoms with van der Waals surface area (Å²) in [5, 5.41) is 4.00. The number of nitrogens with one attached hydrogen (secondary N) is 1. The van der Waals surface area contributed by atoms with E-state index in [0.29, 0.717) is 22.6 Å². The molecule has 4 nitrogen and oxygen atoms in total. The molecule has 0 bridgehead atoms. The number of fused-ring (bicyclic) bond motifs is 1. The molecule has 1 aromatic carbocycles. The van der Waals surface area contributed by atoms with Gasteiger partial charge in [-0.1, -0.05) is 0 Å². The van der Waals surface area contributed by atoms with Crippen LogP contribution in [0.25, 0.3) is 22.6 Å². The topological polar surface area (TPSA) is 46.5 Å². The van der Waals surface area contributed by atoms with Gasteiger partial charge in [0.05, 0.1) is 16.6 Å². The molecule has 0 fully saturated rings. The minimum Gasteiger partial charge on any atom is -0.337 e. The number of benzene rings is 1. The maximum Gasteiger partial charge on any atom is 0.416 e. The third-order valence-corrected chi connectivity index (χ3v) is 2.87. The van der Waals surface area contributed by atoms with Gasteiger partial charge in [-0.3, -0.25) is 4.68 Å². The number of H-pyrrole nitrogens is 1. The fourth-order valence-corrected chi connectivity index (χ4v) is 1.91. The summed E-state index contributed by atoms with van der Waals surface area (Å²) < 4.78 is 39.4. The van der Waals surface area contributed by atoms with Gasteiger partial charge >= 0.3 is 6.18 Å². The van der Waals surface area contributed by atoms with E-state index in [0.717, 1.165) is 12.1 Å². The minimum atomic E-state index is -4.36. The summed E-state index contributed by atoms with van der Waals surface area (Å²) in [6.45, 7) is 0. The Hall–Kier alpha value is -2.31. The van der Waals surface area contributed by atoms with Gasteiger partial charge in [0.2, 0.25) is 0 Å². The summed E-state index contributed by atoms with van der Waals surface area (Å²) in [6.07, 6.45) is -2.75. The number of hydrogen-bond acceptors (Lipinski definition) is 2. The Balaban J connectivity index is 2.14. The van der Waals surface area contributed by atoms with Crippen LogP contribution < -0.4 is 0 Å². The number of hydrogen-bond donors (Lipinski definition) is 1. The fourth-order valence-electron chi connectivity index (χ4n) is 1.91. The van der Waals surface area contributed by atoms with Gasteiger partial charge in [0.15, 0.2) is 5.82 Å². The highest BCUT2D eigenvalue weighted by molar-refractivity contribution is 5.79. The van der Waals surface area contributed by atoms with E-state index < -0.39 is 11.7 Å². The van der Waals surface area contributed by atoms with Crippen LogP contribution in [0.1, 0.15) is 5.56 Å². The number of nitrogens with zero attached hydrogens (tertiary/aromatic N) is 3.